The van der Waals surface area contributed by atoms with Crippen LogP contribution in [0.2, 0.25) is 0 Å². The second-order valence-electron chi connectivity index (χ2n) is 4.83. The fourth-order valence-corrected chi connectivity index (χ4v) is 1.87. The van der Waals surface area contributed by atoms with E-state index in [1.807, 2.05) is 23.1 Å². The average molecular weight is 243 g/mol. The van der Waals surface area contributed by atoms with Gasteiger partial charge in [-0.3, -0.25) is 4.98 Å². The van der Waals surface area contributed by atoms with Crippen LogP contribution in [0, 0.1) is 6.92 Å². The largest absolute Gasteiger partial charge is 0.308 e. The first kappa shape index (κ1) is 11.3. The molecule has 0 unspecified atom stereocenters. The Morgan fingerprint density at radius 2 is 2.33 bits per heavy atom. The molecule has 1 saturated carbocycles. The van der Waals surface area contributed by atoms with E-state index in [1.165, 1.54) is 18.4 Å². The minimum absolute atomic E-state index is 0.684. The van der Waals surface area contributed by atoms with Gasteiger partial charge in [-0.2, -0.15) is 0 Å². The van der Waals surface area contributed by atoms with Gasteiger partial charge in [0.2, 0.25) is 0 Å². The molecule has 18 heavy (non-hydrogen) atoms. The van der Waals surface area contributed by atoms with Crippen molar-refractivity contribution < 1.29 is 0 Å². The number of nitrogens with zero attached hydrogens (tertiary/aromatic N) is 4. The number of rotatable bonds is 5. The molecule has 0 saturated heterocycles. The van der Waals surface area contributed by atoms with Crippen LogP contribution in [-0.4, -0.2) is 26.0 Å². The third kappa shape index (κ3) is 2.73. The van der Waals surface area contributed by atoms with Crippen LogP contribution in [0.15, 0.2) is 24.5 Å². The van der Waals surface area contributed by atoms with Crippen LogP contribution in [0.1, 0.15) is 29.8 Å². The Kier molecular flexibility index (Phi) is 3.06. The van der Waals surface area contributed by atoms with Gasteiger partial charge in [-0.05, 0) is 31.4 Å². The lowest BCUT2D eigenvalue weighted by molar-refractivity contribution is 0.634. The summed E-state index contributed by atoms with van der Waals surface area (Å²) in [4.78, 5) is 4.36. The van der Waals surface area contributed by atoms with Crippen LogP contribution in [0.5, 0.6) is 0 Å². The summed E-state index contributed by atoms with van der Waals surface area (Å²) in [6.45, 7) is 3.56. The van der Waals surface area contributed by atoms with Gasteiger partial charge in [0.25, 0.3) is 0 Å². The first-order valence-electron chi connectivity index (χ1n) is 6.34. The van der Waals surface area contributed by atoms with Gasteiger partial charge >= 0.3 is 0 Å². The number of nitrogens with one attached hydrogen (secondary N) is 1. The Labute approximate surface area is 106 Å². The summed E-state index contributed by atoms with van der Waals surface area (Å²) >= 11 is 0. The molecule has 2 heterocycles. The second-order valence-corrected chi connectivity index (χ2v) is 4.83. The maximum atomic E-state index is 4.36. The van der Waals surface area contributed by atoms with E-state index < -0.39 is 0 Å². The van der Waals surface area contributed by atoms with Crippen molar-refractivity contribution in [3.05, 3.63) is 41.5 Å². The molecule has 0 amide bonds. The molecule has 94 valence electrons. The third-order valence-corrected chi connectivity index (χ3v) is 3.16. The minimum atomic E-state index is 0.684. The number of hydrogen-bond donors (Lipinski definition) is 1. The van der Waals surface area contributed by atoms with Gasteiger partial charge in [-0.1, -0.05) is 11.3 Å². The van der Waals surface area contributed by atoms with Crippen molar-refractivity contribution >= 4 is 0 Å². The van der Waals surface area contributed by atoms with Crippen LogP contribution in [-0.2, 0) is 13.1 Å². The SMILES string of the molecule is Cc1cccnc1Cn1cc(CNC2CC2)nn1. The first-order valence-corrected chi connectivity index (χ1v) is 6.34. The predicted molar refractivity (Wildman–Crippen MR) is 68.0 cm³/mol. The topological polar surface area (TPSA) is 55.6 Å². The van der Waals surface area contributed by atoms with Gasteiger partial charge in [0, 0.05) is 18.8 Å². The molecule has 0 radical (unpaired) electrons. The lowest BCUT2D eigenvalue weighted by Gasteiger charge is -2.03. The maximum absolute atomic E-state index is 4.36. The Morgan fingerprint density at radius 1 is 1.44 bits per heavy atom. The van der Waals surface area contributed by atoms with Crippen molar-refractivity contribution in [2.24, 2.45) is 0 Å². The van der Waals surface area contributed by atoms with Crippen molar-refractivity contribution in [1.29, 1.82) is 0 Å². The average Bonchev–Trinajstić information content (AvgIpc) is 3.10. The molecule has 3 rings (SSSR count). The van der Waals surface area contributed by atoms with E-state index in [4.69, 9.17) is 0 Å². The second kappa shape index (κ2) is 4.86. The molecular formula is C13H17N5. The molecule has 0 aliphatic heterocycles. The number of aryl methyl sites for hydroxylation is 1. The zero-order valence-corrected chi connectivity index (χ0v) is 10.5. The molecule has 1 aliphatic rings. The smallest absolute Gasteiger partial charge is 0.0965 e. The van der Waals surface area contributed by atoms with E-state index in [2.05, 4.69) is 33.6 Å². The van der Waals surface area contributed by atoms with Crippen molar-refractivity contribution in [1.82, 2.24) is 25.3 Å². The van der Waals surface area contributed by atoms with E-state index in [0.29, 0.717) is 12.6 Å². The summed E-state index contributed by atoms with van der Waals surface area (Å²) < 4.78 is 1.85. The summed E-state index contributed by atoms with van der Waals surface area (Å²) in [5, 5.41) is 11.7. The van der Waals surface area contributed by atoms with Gasteiger partial charge in [0.15, 0.2) is 0 Å². The Hall–Kier alpha value is -1.75. The van der Waals surface area contributed by atoms with E-state index in [9.17, 15) is 0 Å². The van der Waals surface area contributed by atoms with Crippen LogP contribution < -0.4 is 5.32 Å². The lowest BCUT2D eigenvalue weighted by atomic mass is 10.2. The molecule has 5 heteroatoms. The predicted octanol–water partition coefficient (Wildman–Crippen LogP) is 1.28. The fourth-order valence-electron chi connectivity index (χ4n) is 1.87. The minimum Gasteiger partial charge on any atom is -0.308 e. The van der Waals surface area contributed by atoms with Crippen molar-refractivity contribution in [3.8, 4) is 0 Å². The van der Waals surface area contributed by atoms with Crippen LogP contribution in [0.25, 0.3) is 0 Å². The van der Waals surface area contributed by atoms with Crippen LogP contribution >= 0.6 is 0 Å². The zero-order chi connectivity index (χ0) is 12.4. The molecule has 5 nitrogen and oxygen atoms in total. The molecule has 1 N–H and O–H groups in total. The molecule has 2 aromatic heterocycles. The highest BCUT2D eigenvalue weighted by Gasteiger charge is 2.20. The third-order valence-electron chi connectivity index (χ3n) is 3.16. The molecule has 2 aromatic rings. The highest BCUT2D eigenvalue weighted by molar-refractivity contribution is 5.17. The number of hydrogen-bond acceptors (Lipinski definition) is 4. The van der Waals surface area contributed by atoms with Gasteiger partial charge in [0.05, 0.1) is 24.1 Å². The fraction of sp³-hybridized carbons (Fsp3) is 0.462. The highest BCUT2D eigenvalue weighted by Crippen LogP contribution is 2.18. The molecule has 0 aromatic carbocycles. The maximum Gasteiger partial charge on any atom is 0.0965 e. The quantitative estimate of drug-likeness (QED) is 0.859. The zero-order valence-electron chi connectivity index (χ0n) is 10.5. The van der Waals surface area contributed by atoms with Gasteiger partial charge in [-0.25, -0.2) is 4.68 Å². The van der Waals surface area contributed by atoms with Crippen molar-refractivity contribution in [2.45, 2.75) is 38.9 Å². The van der Waals surface area contributed by atoms with Crippen LogP contribution in [0.4, 0.5) is 0 Å². The van der Waals surface area contributed by atoms with Gasteiger partial charge in [0.1, 0.15) is 0 Å². The molecule has 0 spiro atoms. The normalized spacial score (nSPS) is 14.9. The van der Waals surface area contributed by atoms with E-state index in [-0.39, 0.29) is 0 Å². The monoisotopic (exact) mass is 243 g/mol. The van der Waals surface area contributed by atoms with Gasteiger partial charge in [-0.15, -0.1) is 5.10 Å². The Bertz CT molecular complexity index is 530. The number of pyridine rings is 1. The van der Waals surface area contributed by atoms with Crippen molar-refractivity contribution in [2.75, 3.05) is 0 Å². The molecular weight excluding hydrogens is 226 g/mol. The lowest BCUT2D eigenvalue weighted by Crippen LogP contribution is -2.15. The van der Waals surface area contributed by atoms with Crippen LogP contribution in [0.3, 0.4) is 0 Å². The molecule has 0 atom stereocenters. The number of aromatic nitrogens is 4. The van der Waals surface area contributed by atoms with E-state index >= 15 is 0 Å². The molecule has 1 aliphatic carbocycles. The van der Waals surface area contributed by atoms with Gasteiger partial charge < -0.3 is 5.32 Å². The van der Waals surface area contributed by atoms with E-state index in [1.54, 1.807) is 0 Å². The molecule has 1 fully saturated rings. The highest BCUT2D eigenvalue weighted by atomic mass is 15.4. The summed E-state index contributed by atoms with van der Waals surface area (Å²) in [7, 11) is 0. The Morgan fingerprint density at radius 3 is 3.11 bits per heavy atom. The summed E-state index contributed by atoms with van der Waals surface area (Å²) in [6.07, 6.45) is 6.39. The summed E-state index contributed by atoms with van der Waals surface area (Å²) in [5.74, 6) is 0. The summed E-state index contributed by atoms with van der Waals surface area (Å²) in [5.41, 5.74) is 3.23. The first-order chi connectivity index (χ1) is 8.81. The molecule has 0 bridgehead atoms. The summed E-state index contributed by atoms with van der Waals surface area (Å²) in [6, 6.07) is 4.72. The van der Waals surface area contributed by atoms with E-state index in [0.717, 1.165) is 17.9 Å². The van der Waals surface area contributed by atoms with Crippen molar-refractivity contribution in [3.63, 3.8) is 0 Å². The Balaban J connectivity index is 1.63. The standard InChI is InChI=1S/C13H17N5/c1-10-3-2-6-14-13(10)9-18-8-12(16-17-18)7-15-11-4-5-11/h2-3,6,8,11,15H,4-5,7,9H2,1H3.